The Kier molecular flexibility index (Phi) is 8.74. The molecule has 1 saturated heterocycles. The summed E-state index contributed by atoms with van der Waals surface area (Å²) in [5.41, 5.74) is 3.52. The number of carbonyl (C=O) groups is 2. The summed E-state index contributed by atoms with van der Waals surface area (Å²) >= 11 is 0. The van der Waals surface area contributed by atoms with E-state index in [4.69, 9.17) is 28.7 Å². The van der Waals surface area contributed by atoms with Gasteiger partial charge in [-0.2, -0.15) is 0 Å². The van der Waals surface area contributed by atoms with Crippen LogP contribution in [0.1, 0.15) is 69.1 Å². The van der Waals surface area contributed by atoms with E-state index in [1.54, 1.807) is 12.0 Å². The number of ether oxygens (including phenoxy) is 5. The highest BCUT2D eigenvalue weighted by Crippen LogP contribution is 2.43. The zero-order valence-corrected chi connectivity index (χ0v) is 26.4. The number of cyclic esters (lactones) is 1. The molecule has 3 aromatic rings. The number of methoxy groups -OCH3 is 1. The van der Waals surface area contributed by atoms with Crippen LogP contribution in [0, 0.1) is 5.92 Å². The van der Waals surface area contributed by atoms with Gasteiger partial charge in [-0.3, -0.25) is 5.32 Å². The van der Waals surface area contributed by atoms with E-state index in [-0.39, 0.29) is 18.6 Å². The summed E-state index contributed by atoms with van der Waals surface area (Å²) in [5, 5.41) is 2.81. The number of benzene rings is 2. The lowest BCUT2D eigenvalue weighted by Gasteiger charge is -2.35. The second kappa shape index (κ2) is 12.9. The minimum absolute atomic E-state index is 0.0106. The first-order valence-electron chi connectivity index (χ1n) is 15.6. The summed E-state index contributed by atoms with van der Waals surface area (Å²) < 4.78 is 29.2. The largest absolute Gasteiger partial charge is 0.497 e. The summed E-state index contributed by atoms with van der Waals surface area (Å²) in [6.45, 7) is 7.77. The van der Waals surface area contributed by atoms with Crippen molar-refractivity contribution in [2.24, 2.45) is 5.92 Å². The minimum atomic E-state index is -0.586. The van der Waals surface area contributed by atoms with E-state index in [0.717, 1.165) is 53.7 Å². The van der Waals surface area contributed by atoms with Crippen molar-refractivity contribution in [1.29, 1.82) is 0 Å². The van der Waals surface area contributed by atoms with Crippen molar-refractivity contribution in [2.45, 2.75) is 71.2 Å². The van der Waals surface area contributed by atoms with Crippen LogP contribution >= 0.6 is 0 Å². The Morgan fingerprint density at radius 1 is 1.07 bits per heavy atom. The Hall–Kier alpha value is -4.47. The van der Waals surface area contributed by atoms with Gasteiger partial charge in [0.15, 0.2) is 0 Å². The Morgan fingerprint density at radius 3 is 2.53 bits per heavy atom. The molecule has 3 heterocycles. The minimum Gasteiger partial charge on any atom is -0.497 e. The highest BCUT2D eigenvalue weighted by Gasteiger charge is 2.33. The molecule has 1 N–H and O–H groups in total. The van der Waals surface area contributed by atoms with Crippen LogP contribution < -0.4 is 19.5 Å². The molecule has 0 spiro atoms. The smallest absolute Gasteiger partial charge is 0.413 e. The maximum absolute atomic E-state index is 13.0. The molecule has 3 aliphatic rings. The number of anilines is 1. The van der Waals surface area contributed by atoms with Crippen LogP contribution in [0.15, 0.2) is 48.5 Å². The van der Waals surface area contributed by atoms with Crippen LogP contribution in [0.3, 0.4) is 0 Å². The number of piperidine rings is 1. The highest BCUT2D eigenvalue weighted by atomic mass is 16.6. The van der Waals surface area contributed by atoms with E-state index in [1.807, 2.05) is 69.3 Å². The van der Waals surface area contributed by atoms with Gasteiger partial charge in [-0.15, -0.1) is 0 Å². The number of fused-ring (bicyclic) bond motifs is 1. The van der Waals surface area contributed by atoms with Crippen molar-refractivity contribution in [2.75, 3.05) is 32.1 Å². The fourth-order valence-electron chi connectivity index (χ4n) is 5.71. The molecule has 1 aliphatic carbocycles. The van der Waals surface area contributed by atoms with Gasteiger partial charge in [0.1, 0.15) is 41.9 Å². The molecule has 0 radical (unpaired) electrons. The summed E-state index contributed by atoms with van der Waals surface area (Å²) in [6.07, 6.45) is 3.13. The van der Waals surface area contributed by atoms with Crippen LogP contribution in [-0.4, -0.2) is 54.5 Å². The summed E-state index contributed by atoms with van der Waals surface area (Å²) in [6, 6.07) is 15.6. The highest BCUT2D eigenvalue weighted by molar-refractivity contribution is 5.88. The van der Waals surface area contributed by atoms with Gasteiger partial charge in [0.2, 0.25) is 0 Å². The van der Waals surface area contributed by atoms with Crippen molar-refractivity contribution in [3.05, 3.63) is 65.2 Å². The van der Waals surface area contributed by atoms with E-state index in [0.29, 0.717) is 55.2 Å². The average molecular weight is 616 g/mol. The van der Waals surface area contributed by atoms with Gasteiger partial charge >= 0.3 is 12.2 Å². The number of nitrogens with zero attached hydrogens (tertiary/aromatic N) is 2. The molecule has 238 valence electrons. The number of hydrogen-bond donors (Lipinski definition) is 1. The molecular weight excluding hydrogens is 574 g/mol. The fourth-order valence-corrected chi connectivity index (χ4v) is 5.71. The third kappa shape index (κ3) is 7.44. The molecule has 0 bridgehead atoms. The lowest BCUT2D eigenvalue weighted by Crippen LogP contribution is -2.42. The predicted molar refractivity (Wildman–Crippen MR) is 169 cm³/mol. The van der Waals surface area contributed by atoms with Crippen molar-refractivity contribution < 1.29 is 33.3 Å². The van der Waals surface area contributed by atoms with E-state index >= 15 is 0 Å². The normalized spacial score (nSPS) is 17.9. The number of rotatable bonds is 9. The molecule has 1 saturated carbocycles. The van der Waals surface area contributed by atoms with Crippen LogP contribution in [0.5, 0.6) is 17.2 Å². The van der Waals surface area contributed by atoms with Gasteiger partial charge in [0.25, 0.3) is 0 Å². The lowest BCUT2D eigenvalue weighted by atomic mass is 9.87. The molecule has 1 unspecified atom stereocenters. The van der Waals surface area contributed by atoms with E-state index < -0.39 is 11.7 Å². The summed E-state index contributed by atoms with van der Waals surface area (Å²) in [5.74, 6) is 3.06. The van der Waals surface area contributed by atoms with Crippen molar-refractivity contribution in [3.63, 3.8) is 0 Å². The van der Waals surface area contributed by atoms with Gasteiger partial charge in [-0.05, 0) is 93.8 Å². The van der Waals surface area contributed by atoms with Crippen molar-refractivity contribution in [1.82, 2.24) is 9.88 Å². The van der Waals surface area contributed by atoms with Crippen LogP contribution in [0.2, 0.25) is 0 Å². The maximum Gasteiger partial charge on any atom is 0.413 e. The number of hydrogen-bond acceptors (Lipinski definition) is 8. The predicted octanol–water partition coefficient (Wildman–Crippen LogP) is 7.30. The molecule has 2 aromatic carbocycles. The first-order chi connectivity index (χ1) is 21.7. The monoisotopic (exact) mass is 615 g/mol. The Morgan fingerprint density at radius 2 is 1.82 bits per heavy atom. The third-order valence-electron chi connectivity index (χ3n) is 8.21. The average Bonchev–Trinajstić information content (AvgIpc) is 3.86. The molecule has 1 atom stereocenters. The third-order valence-corrected chi connectivity index (χ3v) is 8.21. The Balaban J connectivity index is 1.37. The molecule has 2 amide bonds. The number of amides is 2. The number of aromatic nitrogens is 1. The Labute approximate surface area is 264 Å². The molecule has 10 nitrogen and oxygen atoms in total. The van der Waals surface area contributed by atoms with Gasteiger partial charge < -0.3 is 28.6 Å². The molecule has 45 heavy (non-hydrogen) atoms. The van der Waals surface area contributed by atoms with E-state index in [9.17, 15) is 9.59 Å². The van der Waals surface area contributed by atoms with E-state index in [1.165, 1.54) is 0 Å². The standard InChI is InChI=1S/C35H41N3O7/c1-35(2,3)45-34(40)38-16-6-7-24(18-38)26-17-28(36-32-27(26)21-44-33(39)37-32)31-29(42-19-22-10-11-22)8-5-9-30(31)43-20-23-12-14-25(41-4)15-13-23/h5,8-9,12-15,17,22,24H,6-7,10-11,16,18-21H2,1-4H3,(H,36,37,39). The number of pyridine rings is 1. The SMILES string of the molecule is COc1ccc(COc2cccc(OCC3CC3)c2-c2cc(C3CCCN(C(=O)OC(C)(C)C)C3)c3c(n2)NC(=O)OC3)cc1. The van der Waals surface area contributed by atoms with Crippen LogP contribution in [0.4, 0.5) is 15.4 Å². The fraction of sp³-hybridized carbons (Fsp3) is 0.457. The second-order valence-electron chi connectivity index (χ2n) is 12.9. The molecule has 2 fully saturated rings. The molecule has 1 aromatic heterocycles. The topological polar surface area (TPSA) is 108 Å². The van der Waals surface area contributed by atoms with Gasteiger partial charge in [0, 0.05) is 24.6 Å². The first kappa shape index (κ1) is 30.6. The lowest BCUT2D eigenvalue weighted by molar-refractivity contribution is 0.0198. The Bertz CT molecular complexity index is 1550. The zero-order chi connectivity index (χ0) is 31.6. The van der Waals surface area contributed by atoms with Gasteiger partial charge in [0.05, 0.1) is 25.0 Å². The molecule has 2 aliphatic heterocycles. The zero-order valence-electron chi connectivity index (χ0n) is 26.4. The number of carbonyl (C=O) groups excluding carboxylic acids is 2. The quantitative estimate of drug-likeness (QED) is 0.267. The van der Waals surface area contributed by atoms with Gasteiger partial charge in [-0.1, -0.05) is 18.2 Å². The molecule has 10 heteroatoms. The van der Waals surface area contributed by atoms with E-state index in [2.05, 4.69) is 5.32 Å². The van der Waals surface area contributed by atoms with Crippen molar-refractivity contribution in [3.8, 4) is 28.5 Å². The molecule has 6 rings (SSSR count). The summed E-state index contributed by atoms with van der Waals surface area (Å²) in [4.78, 5) is 32.1. The van der Waals surface area contributed by atoms with Gasteiger partial charge in [-0.25, -0.2) is 14.6 Å². The number of likely N-dealkylation sites (tertiary alicyclic amines) is 1. The van der Waals surface area contributed by atoms with Crippen LogP contribution in [-0.2, 0) is 22.7 Å². The van der Waals surface area contributed by atoms with Crippen molar-refractivity contribution >= 4 is 18.0 Å². The maximum atomic E-state index is 13.0. The second-order valence-corrected chi connectivity index (χ2v) is 12.9. The first-order valence-corrected chi connectivity index (χ1v) is 15.6. The summed E-state index contributed by atoms with van der Waals surface area (Å²) in [7, 11) is 1.64. The van der Waals surface area contributed by atoms with Crippen LogP contribution in [0.25, 0.3) is 11.3 Å². The molecular formula is C35H41N3O7. The number of nitrogens with one attached hydrogen (secondary N) is 1.